The first-order chi connectivity index (χ1) is 21.4. The fourth-order valence-corrected chi connectivity index (χ4v) is 8.00. The van der Waals surface area contributed by atoms with Crippen molar-refractivity contribution in [1.29, 1.82) is 0 Å². The minimum atomic E-state index is -0.610. The third kappa shape index (κ3) is 7.13. The normalized spacial score (nSPS) is 29.5. The molecular weight excluding hydrogens is 570 g/mol. The summed E-state index contributed by atoms with van der Waals surface area (Å²) < 4.78 is 17.3. The van der Waals surface area contributed by atoms with Crippen LogP contribution < -0.4 is 0 Å². The highest BCUT2D eigenvalue weighted by molar-refractivity contribution is 5.77. The van der Waals surface area contributed by atoms with Crippen LogP contribution in [0, 0.1) is 17.3 Å². The van der Waals surface area contributed by atoms with E-state index in [0.717, 1.165) is 70.1 Å². The lowest BCUT2D eigenvalue weighted by Crippen LogP contribution is -2.55. The number of rotatable bonds is 9. The highest BCUT2D eigenvalue weighted by Gasteiger charge is 2.70. The zero-order valence-electron chi connectivity index (χ0n) is 28.0. The minimum Gasteiger partial charge on any atom is -0.445 e. The first-order valence-electron chi connectivity index (χ1n) is 17.3. The van der Waals surface area contributed by atoms with Gasteiger partial charge in [-0.3, -0.25) is 4.79 Å². The monoisotopic (exact) mass is 623 g/mol. The number of carbonyl (C=O) groups is 3. The van der Waals surface area contributed by atoms with Gasteiger partial charge in [-0.1, -0.05) is 30.3 Å². The van der Waals surface area contributed by atoms with Gasteiger partial charge in [0.05, 0.1) is 5.54 Å². The maximum absolute atomic E-state index is 13.9. The van der Waals surface area contributed by atoms with Crippen LogP contribution in [0.1, 0.15) is 98.0 Å². The van der Waals surface area contributed by atoms with Crippen molar-refractivity contribution in [2.45, 2.75) is 128 Å². The maximum Gasteiger partial charge on any atom is 0.410 e. The van der Waals surface area contributed by atoms with Crippen molar-refractivity contribution < 1.29 is 28.6 Å². The second kappa shape index (κ2) is 12.4. The highest BCUT2D eigenvalue weighted by Crippen LogP contribution is 2.65. The Hall–Kier alpha value is -2.81. The topological polar surface area (TPSA) is 88.6 Å². The summed E-state index contributed by atoms with van der Waals surface area (Å²) in [6, 6.07) is 10.1. The first kappa shape index (κ1) is 32.1. The Morgan fingerprint density at radius 2 is 1.73 bits per heavy atom. The van der Waals surface area contributed by atoms with Crippen LogP contribution >= 0.6 is 0 Å². The van der Waals surface area contributed by atoms with Crippen molar-refractivity contribution in [1.82, 2.24) is 14.7 Å². The predicted molar refractivity (Wildman–Crippen MR) is 170 cm³/mol. The van der Waals surface area contributed by atoms with Gasteiger partial charge in [0.25, 0.3) is 0 Å². The van der Waals surface area contributed by atoms with Crippen LogP contribution in [0.5, 0.6) is 0 Å². The van der Waals surface area contributed by atoms with Crippen LogP contribution in [-0.2, 0) is 25.6 Å². The summed E-state index contributed by atoms with van der Waals surface area (Å²) in [5.74, 6) is 0.922. The molecule has 2 spiro atoms. The smallest absolute Gasteiger partial charge is 0.410 e. The van der Waals surface area contributed by atoms with Gasteiger partial charge < -0.3 is 28.9 Å². The van der Waals surface area contributed by atoms with Crippen molar-refractivity contribution in [3.63, 3.8) is 0 Å². The number of amides is 3. The van der Waals surface area contributed by atoms with Gasteiger partial charge in [-0.15, -0.1) is 0 Å². The van der Waals surface area contributed by atoms with Gasteiger partial charge in [-0.05, 0) is 97.5 Å². The third-order valence-electron chi connectivity index (χ3n) is 10.9. The molecule has 3 amide bonds. The number of nitrogens with zero attached hydrogens (tertiary/aromatic N) is 3. The molecule has 9 heteroatoms. The number of hydrogen-bond donors (Lipinski definition) is 0. The lowest BCUT2D eigenvalue weighted by molar-refractivity contribution is -0.134. The second-order valence-electron chi connectivity index (χ2n) is 15.7. The molecule has 3 aliphatic carbocycles. The molecule has 0 N–H and O–H groups in total. The lowest BCUT2D eigenvalue weighted by Gasteiger charge is -2.43. The van der Waals surface area contributed by atoms with E-state index in [9.17, 15) is 14.4 Å². The molecule has 2 aliphatic heterocycles. The first-order valence-corrected chi connectivity index (χ1v) is 17.3. The Balaban J connectivity index is 1.14. The van der Waals surface area contributed by atoms with Crippen molar-refractivity contribution in [2.75, 3.05) is 26.3 Å². The van der Waals surface area contributed by atoms with E-state index in [0.29, 0.717) is 31.5 Å². The van der Waals surface area contributed by atoms with Gasteiger partial charge in [0.1, 0.15) is 12.2 Å². The van der Waals surface area contributed by atoms with E-state index in [1.54, 1.807) is 0 Å². The van der Waals surface area contributed by atoms with Crippen LogP contribution in [0.25, 0.3) is 0 Å². The molecule has 0 bridgehead atoms. The van der Waals surface area contributed by atoms with Crippen LogP contribution in [0.15, 0.2) is 30.3 Å². The Kier molecular flexibility index (Phi) is 8.87. The van der Waals surface area contributed by atoms with Gasteiger partial charge >= 0.3 is 12.2 Å². The van der Waals surface area contributed by atoms with Crippen molar-refractivity contribution in [2.24, 2.45) is 17.3 Å². The van der Waals surface area contributed by atoms with Crippen molar-refractivity contribution >= 4 is 18.1 Å². The Bertz CT molecular complexity index is 1240. The molecule has 0 aromatic heterocycles. The fraction of sp³-hybridized carbons (Fsp3) is 0.750. The van der Waals surface area contributed by atoms with E-state index in [1.807, 2.05) is 74.8 Å². The van der Waals surface area contributed by atoms with Crippen LogP contribution in [-0.4, -0.2) is 88.4 Å². The molecule has 1 aromatic rings. The van der Waals surface area contributed by atoms with E-state index < -0.39 is 5.60 Å². The molecule has 2 unspecified atom stereocenters. The maximum atomic E-state index is 13.9. The second-order valence-corrected chi connectivity index (χ2v) is 15.7. The number of piperidine rings is 1. The van der Waals surface area contributed by atoms with E-state index in [2.05, 4.69) is 4.90 Å². The molecule has 6 rings (SSSR count). The largest absolute Gasteiger partial charge is 0.445 e. The summed E-state index contributed by atoms with van der Waals surface area (Å²) in [6.07, 6.45) is 7.66. The van der Waals surface area contributed by atoms with E-state index >= 15 is 0 Å². The highest BCUT2D eigenvalue weighted by atomic mass is 16.6. The molecule has 248 valence electrons. The number of carbonyl (C=O) groups excluding carboxylic acids is 3. The number of hydrogen-bond acceptors (Lipinski definition) is 6. The van der Waals surface area contributed by atoms with E-state index in [-0.39, 0.29) is 53.7 Å². The standard InChI is InChI=1S/C36H53N3O6/c1-25(2)39(33(42)44-23-27-9-7-6-8-10-27)30-21-35(30)15-16-36(38(24-35)32(41)45-34(3,4)5)20-28(36)22-37(29-11-12-29)31(40)19-26-13-17-43-18-14-26/h6-10,25-26,28-30H,11-24H2,1-5H3/t28-,30?,35?,36+/m0/s1. The minimum absolute atomic E-state index is 0.0178. The zero-order chi connectivity index (χ0) is 32.0. The van der Waals surface area contributed by atoms with Crippen LogP contribution in [0.3, 0.4) is 0 Å². The van der Waals surface area contributed by atoms with E-state index in [4.69, 9.17) is 14.2 Å². The zero-order valence-corrected chi connectivity index (χ0v) is 28.0. The molecule has 5 aliphatic rings. The van der Waals surface area contributed by atoms with Gasteiger partial charge in [-0.25, -0.2) is 9.59 Å². The summed E-state index contributed by atoms with van der Waals surface area (Å²) >= 11 is 0. The molecule has 9 nitrogen and oxygen atoms in total. The number of ether oxygens (including phenoxy) is 3. The quantitative estimate of drug-likeness (QED) is 0.317. The van der Waals surface area contributed by atoms with Crippen molar-refractivity contribution in [3.8, 4) is 0 Å². The van der Waals surface area contributed by atoms with Gasteiger partial charge in [0.15, 0.2) is 0 Å². The third-order valence-corrected chi connectivity index (χ3v) is 10.9. The Morgan fingerprint density at radius 1 is 1.02 bits per heavy atom. The van der Waals surface area contributed by atoms with Gasteiger partial charge in [0.2, 0.25) is 5.91 Å². The summed E-state index contributed by atoms with van der Waals surface area (Å²) in [7, 11) is 0. The number of likely N-dealkylation sites (tertiary alicyclic amines) is 1. The number of benzene rings is 1. The Labute approximate surface area is 268 Å². The summed E-state index contributed by atoms with van der Waals surface area (Å²) in [5.41, 5.74) is -0.104. The molecule has 0 radical (unpaired) electrons. The lowest BCUT2D eigenvalue weighted by atomic mass is 9.86. The van der Waals surface area contributed by atoms with Crippen molar-refractivity contribution in [3.05, 3.63) is 35.9 Å². The van der Waals surface area contributed by atoms with Crippen LogP contribution in [0.2, 0.25) is 0 Å². The van der Waals surface area contributed by atoms with E-state index in [1.165, 1.54) is 0 Å². The molecule has 2 heterocycles. The molecule has 4 atom stereocenters. The summed E-state index contributed by atoms with van der Waals surface area (Å²) in [6.45, 7) is 12.8. The molecule has 3 saturated carbocycles. The molecule has 5 fully saturated rings. The predicted octanol–water partition coefficient (Wildman–Crippen LogP) is 6.39. The SMILES string of the molecule is CC(C)N(C(=O)OCc1ccccc1)C1CC12CC[C@]1(C[C@H]1CN(C(=O)CC1CCOCC1)C1CC1)N(C(=O)OC(C)(C)C)C2. The average Bonchev–Trinajstić information content (AvgIpc) is 3.91. The molecule has 45 heavy (non-hydrogen) atoms. The van der Waals surface area contributed by atoms with Crippen LogP contribution in [0.4, 0.5) is 9.59 Å². The van der Waals surface area contributed by atoms with Gasteiger partial charge in [0, 0.05) is 62.2 Å². The molecule has 1 aromatic carbocycles. The molecule has 2 saturated heterocycles. The summed E-state index contributed by atoms with van der Waals surface area (Å²) in [5, 5.41) is 0. The molecular formula is C36H53N3O6. The Morgan fingerprint density at radius 3 is 2.38 bits per heavy atom. The average molecular weight is 624 g/mol. The fourth-order valence-electron chi connectivity index (χ4n) is 8.00. The van der Waals surface area contributed by atoms with Gasteiger partial charge in [-0.2, -0.15) is 0 Å². The summed E-state index contributed by atoms with van der Waals surface area (Å²) in [4.78, 5) is 46.9.